The normalized spacial score (nSPS) is 13.5. The molecule has 0 aliphatic rings. The summed E-state index contributed by atoms with van der Waals surface area (Å²) in [4.78, 5) is 8.51. The summed E-state index contributed by atoms with van der Waals surface area (Å²) in [6.45, 7) is 3.67. The summed E-state index contributed by atoms with van der Waals surface area (Å²) in [6.07, 6.45) is 0.391. The molecule has 28 heavy (non-hydrogen) atoms. The Morgan fingerprint density at radius 1 is 1.25 bits per heavy atom. The van der Waals surface area contributed by atoms with Crippen LogP contribution in [0.4, 0.5) is 20.4 Å². The molecule has 0 radical (unpaired) electrons. The van der Waals surface area contributed by atoms with Gasteiger partial charge in [0.1, 0.15) is 17.3 Å². The van der Waals surface area contributed by atoms with E-state index in [0.29, 0.717) is 17.2 Å². The summed E-state index contributed by atoms with van der Waals surface area (Å²) >= 11 is 5.73. The number of hydrogen-bond donors (Lipinski definition) is 2. The lowest BCUT2D eigenvalue weighted by molar-refractivity contribution is 0.0607. The fourth-order valence-corrected chi connectivity index (χ4v) is 2.61. The summed E-state index contributed by atoms with van der Waals surface area (Å²) in [6, 6.07) is 6.13. The summed E-state index contributed by atoms with van der Waals surface area (Å²) in [7, 11) is 0. The van der Waals surface area contributed by atoms with E-state index < -0.39 is 12.0 Å². The van der Waals surface area contributed by atoms with E-state index in [2.05, 4.69) is 25.6 Å². The fourth-order valence-electron chi connectivity index (χ4n) is 2.53. The second kappa shape index (κ2) is 8.15. The maximum absolute atomic E-state index is 12.9. The van der Waals surface area contributed by atoms with E-state index in [1.54, 1.807) is 19.2 Å². The maximum atomic E-state index is 12.9. The van der Waals surface area contributed by atoms with Crippen molar-refractivity contribution in [2.45, 2.75) is 32.4 Å². The Morgan fingerprint density at radius 2 is 2.04 bits per heavy atom. The minimum Gasteiger partial charge on any atom is -0.387 e. The first kappa shape index (κ1) is 20.1. The number of alkyl halides is 3. The molecule has 10 heteroatoms. The van der Waals surface area contributed by atoms with Gasteiger partial charge in [-0.3, -0.25) is 0 Å². The van der Waals surface area contributed by atoms with Crippen molar-refractivity contribution in [2.24, 2.45) is 0 Å². The van der Waals surface area contributed by atoms with Crippen LogP contribution < -0.4 is 5.32 Å². The largest absolute Gasteiger partial charge is 0.387 e. The first-order valence-electron chi connectivity index (χ1n) is 8.44. The number of pyridine rings is 2. The smallest absolute Gasteiger partial charge is 0.264 e. The predicted molar refractivity (Wildman–Crippen MR) is 102 cm³/mol. The number of rotatable bonds is 7. The van der Waals surface area contributed by atoms with Gasteiger partial charge in [-0.15, -0.1) is 16.7 Å². The zero-order chi connectivity index (χ0) is 20.3. The zero-order valence-corrected chi connectivity index (χ0v) is 16.0. The molecular formula is C18H19ClF2N6O. The van der Waals surface area contributed by atoms with E-state index in [-0.39, 0.29) is 23.8 Å². The number of anilines is 2. The SMILES string of the molecule is Cc1cc(Nc2cc(C(F)F)ccn2)nc(-c2cn(CC(C)(O)CCl)nn2)c1. The van der Waals surface area contributed by atoms with Crippen molar-refractivity contribution in [3.8, 4) is 11.4 Å². The van der Waals surface area contributed by atoms with Gasteiger partial charge in [0.25, 0.3) is 6.43 Å². The Balaban J connectivity index is 1.84. The van der Waals surface area contributed by atoms with Crippen molar-refractivity contribution in [3.05, 3.63) is 47.8 Å². The van der Waals surface area contributed by atoms with Crippen LogP contribution in [0.3, 0.4) is 0 Å². The quantitative estimate of drug-likeness (QED) is 0.579. The molecule has 1 unspecified atom stereocenters. The average Bonchev–Trinajstić information content (AvgIpc) is 3.09. The second-order valence-corrected chi connectivity index (χ2v) is 7.01. The number of nitrogens with zero attached hydrogens (tertiary/aromatic N) is 5. The van der Waals surface area contributed by atoms with Crippen molar-refractivity contribution in [1.29, 1.82) is 0 Å². The van der Waals surface area contributed by atoms with Crippen molar-refractivity contribution < 1.29 is 13.9 Å². The van der Waals surface area contributed by atoms with Crippen LogP contribution in [0.1, 0.15) is 24.5 Å². The van der Waals surface area contributed by atoms with Crippen LogP contribution in [0, 0.1) is 6.92 Å². The third-order valence-corrected chi connectivity index (χ3v) is 4.43. The van der Waals surface area contributed by atoms with Gasteiger partial charge in [0.2, 0.25) is 0 Å². The first-order chi connectivity index (χ1) is 13.3. The van der Waals surface area contributed by atoms with E-state index in [1.165, 1.54) is 23.0 Å². The van der Waals surface area contributed by atoms with Crippen LogP contribution in [-0.4, -0.2) is 41.5 Å². The Kier molecular flexibility index (Phi) is 5.85. The highest BCUT2D eigenvalue weighted by Crippen LogP contribution is 2.24. The Bertz CT molecular complexity index is 963. The van der Waals surface area contributed by atoms with Crippen molar-refractivity contribution >= 4 is 23.2 Å². The number of hydrogen-bond acceptors (Lipinski definition) is 6. The van der Waals surface area contributed by atoms with E-state index in [4.69, 9.17) is 11.6 Å². The molecule has 2 N–H and O–H groups in total. The summed E-state index contributed by atoms with van der Waals surface area (Å²) in [5.74, 6) is 0.767. The van der Waals surface area contributed by atoms with E-state index in [0.717, 1.165) is 5.56 Å². The lowest BCUT2D eigenvalue weighted by Crippen LogP contribution is -2.32. The fraction of sp³-hybridized carbons (Fsp3) is 0.333. The molecule has 0 aliphatic carbocycles. The molecule has 0 spiro atoms. The Hall–Kier alpha value is -2.65. The first-order valence-corrected chi connectivity index (χ1v) is 8.98. The number of aromatic nitrogens is 5. The van der Waals surface area contributed by atoms with Gasteiger partial charge >= 0.3 is 0 Å². The van der Waals surface area contributed by atoms with E-state index in [1.807, 2.05) is 13.0 Å². The van der Waals surface area contributed by atoms with Crippen LogP contribution in [-0.2, 0) is 6.54 Å². The summed E-state index contributed by atoms with van der Waals surface area (Å²) in [5, 5.41) is 21.1. The Labute approximate surface area is 165 Å². The van der Waals surface area contributed by atoms with E-state index in [9.17, 15) is 13.9 Å². The monoisotopic (exact) mass is 408 g/mol. The highest BCUT2D eigenvalue weighted by molar-refractivity contribution is 6.18. The average molecular weight is 409 g/mol. The molecule has 3 rings (SSSR count). The molecule has 0 aliphatic heterocycles. The standard InChI is InChI=1S/C18H19ClF2N6O/c1-11-5-13(14-8-27(26-25-14)10-18(2,28)9-19)23-16(6-11)24-15-7-12(17(20)21)3-4-22-15/h3-8,17,28H,9-10H2,1-2H3,(H,22,23,24). The molecule has 148 valence electrons. The van der Waals surface area contributed by atoms with Gasteiger partial charge in [-0.2, -0.15) is 0 Å². The van der Waals surface area contributed by atoms with Crippen LogP contribution in [0.5, 0.6) is 0 Å². The van der Waals surface area contributed by atoms with Gasteiger partial charge in [-0.1, -0.05) is 5.21 Å². The molecule has 7 nitrogen and oxygen atoms in total. The van der Waals surface area contributed by atoms with Gasteiger partial charge in [-0.25, -0.2) is 23.4 Å². The molecule has 0 aromatic carbocycles. The molecule has 0 fully saturated rings. The van der Waals surface area contributed by atoms with Crippen LogP contribution in [0.25, 0.3) is 11.4 Å². The highest BCUT2D eigenvalue weighted by atomic mass is 35.5. The van der Waals surface area contributed by atoms with E-state index >= 15 is 0 Å². The third kappa shape index (κ3) is 4.99. The number of aryl methyl sites for hydroxylation is 1. The van der Waals surface area contributed by atoms with Crippen molar-refractivity contribution in [2.75, 3.05) is 11.2 Å². The van der Waals surface area contributed by atoms with Crippen molar-refractivity contribution in [3.63, 3.8) is 0 Å². The molecule has 3 aromatic rings. The third-order valence-electron chi connectivity index (χ3n) is 3.85. The van der Waals surface area contributed by atoms with Gasteiger partial charge in [-0.05, 0) is 43.7 Å². The number of halogens is 3. The van der Waals surface area contributed by atoms with Gasteiger partial charge in [0, 0.05) is 11.8 Å². The predicted octanol–water partition coefficient (Wildman–Crippen LogP) is 3.71. The molecule has 3 heterocycles. The summed E-state index contributed by atoms with van der Waals surface area (Å²) < 4.78 is 27.2. The molecule has 1 atom stereocenters. The molecule has 3 aromatic heterocycles. The Morgan fingerprint density at radius 3 is 2.75 bits per heavy atom. The minimum absolute atomic E-state index is 0.0592. The topological polar surface area (TPSA) is 88.8 Å². The van der Waals surface area contributed by atoms with Crippen LogP contribution in [0.2, 0.25) is 0 Å². The molecule has 0 saturated carbocycles. The van der Waals surface area contributed by atoms with Gasteiger partial charge in [0.05, 0.1) is 29.9 Å². The lowest BCUT2D eigenvalue weighted by atomic mass is 10.1. The highest BCUT2D eigenvalue weighted by Gasteiger charge is 2.21. The van der Waals surface area contributed by atoms with Crippen LogP contribution in [0.15, 0.2) is 36.7 Å². The van der Waals surface area contributed by atoms with Crippen molar-refractivity contribution in [1.82, 2.24) is 25.0 Å². The number of nitrogens with one attached hydrogen (secondary N) is 1. The molecule has 0 bridgehead atoms. The summed E-state index contributed by atoms with van der Waals surface area (Å²) in [5.41, 5.74) is 0.705. The molecule has 0 saturated heterocycles. The molecular weight excluding hydrogens is 390 g/mol. The second-order valence-electron chi connectivity index (χ2n) is 6.75. The maximum Gasteiger partial charge on any atom is 0.264 e. The lowest BCUT2D eigenvalue weighted by Gasteiger charge is -2.18. The van der Waals surface area contributed by atoms with Gasteiger partial charge in [0.15, 0.2) is 0 Å². The molecule has 0 amide bonds. The minimum atomic E-state index is -2.58. The van der Waals surface area contributed by atoms with Crippen LogP contribution >= 0.6 is 11.6 Å². The van der Waals surface area contributed by atoms with Gasteiger partial charge < -0.3 is 10.4 Å². The zero-order valence-electron chi connectivity index (χ0n) is 15.3. The number of aliphatic hydroxyl groups is 1.